The number of nitrogens with zero attached hydrogens (tertiary/aromatic N) is 1. The predicted molar refractivity (Wildman–Crippen MR) is 76.1 cm³/mol. The number of hydrogen-bond donors (Lipinski definition) is 2. The normalized spacial score (nSPS) is 29.4. The van der Waals surface area contributed by atoms with Crippen molar-refractivity contribution >= 4 is 11.9 Å². The highest BCUT2D eigenvalue weighted by atomic mass is 16.4. The maximum atomic E-state index is 12.8. The molecule has 20 heavy (non-hydrogen) atoms. The minimum Gasteiger partial charge on any atom is -0.481 e. The van der Waals surface area contributed by atoms with Gasteiger partial charge in [0.1, 0.15) is 0 Å². The molecule has 0 radical (unpaired) electrons. The number of carbonyl (C=O) groups is 2. The molecule has 1 unspecified atom stereocenters. The molecule has 114 valence electrons. The van der Waals surface area contributed by atoms with E-state index in [-0.39, 0.29) is 5.91 Å². The third-order valence-corrected chi connectivity index (χ3v) is 5.40. The molecule has 5 nitrogen and oxygen atoms in total. The first-order valence-corrected chi connectivity index (χ1v) is 7.72. The molecule has 1 aliphatic heterocycles. The fourth-order valence-corrected chi connectivity index (χ4v) is 3.81. The molecule has 3 N–H and O–H groups in total. The average Bonchev–Trinajstić information content (AvgIpc) is 2.96. The third kappa shape index (κ3) is 2.43. The number of amides is 1. The minimum absolute atomic E-state index is 0.0938. The molecule has 2 fully saturated rings. The van der Waals surface area contributed by atoms with Crippen LogP contribution in [0.5, 0.6) is 0 Å². The molecular formula is C15H26N2O3. The molecule has 1 saturated heterocycles. The summed E-state index contributed by atoms with van der Waals surface area (Å²) in [6.45, 7) is 3.31. The molecule has 1 amide bonds. The quantitative estimate of drug-likeness (QED) is 0.820. The van der Waals surface area contributed by atoms with E-state index in [2.05, 4.69) is 0 Å². The number of carboxylic acid groups (broad SMARTS) is 1. The summed E-state index contributed by atoms with van der Waals surface area (Å²) >= 11 is 0. The summed E-state index contributed by atoms with van der Waals surface area (Å²) in [5, 5.41) is 9.51. The fourth-order valence-electron chi connectivity index (χ4n) is 3.81. The van der Waals surface area contributed by atoms with Crippen LogP contribution in [0.3, 0.4) is 0 Å². The van der Waals surface area contributed by atoms with Crippen LogP contribution < -0.4 is 5.73 Å². The molecule has 0 spiro atoms. The van der Waals surface area contributed by atoms with E-state index >= 15 is 0 Å². The second-order valence-electron chi connectivity index (χ2n) is 6.46. The lowest BCUT2D eigenvalue weighted by Crippen LogP contribution is -2.54. The second-order valence-corrected chi connectivity index (χ2v) is 6.46. The average molecular weight is 282 g/mol. The first-order chi connectivity index (χ1) is 9.49. The Kier molecular flexibility index (Phi) is 4.37. The van der Waals surface area contributed by atoms with Crippen molar-refractivity contribution in [2.24, 2.45) is 16.6 Å². The molecule has 5 heteroatoms. The van der Waals surface area contributed by atoms with Crippen LogP contribution in [0.2, 0.25) is 0 Å². The number of nitrogens with two attached hydrogens (primary N) is 1. The van der Waals surface area contributed by atoms with Gasteiger partial charge < -0.3 is 15.7 Å². The van der Waals surface area contributed by atoms with Crippen LogP contribution >= 0.6 is 0 Å². The maximum absolute atomic E-state index is 12.8. The van der Waals surface area contributed by atoms with E-state index in [9.17, 15) is 14.7 Å². The van der Waals surface area contributed by atoms with Gasteiger partial charge >= 0.3 is 5.97 Å². The van der Waals surface area contributed by atoms with Gasteiger partial charge in [-0.25, -0.2) is 0 Å². The monoisotopic (exact) mass is 282 g/mol. The zero-order valence-corrected chi connectivity index (χ0v) is 12.4. The van der Waals surface area contributed by atoms with Crippen molar-refractivity contribution in [1.29, 1.82) is 0 Å². The van der Waals surface area contributed by atoms with Gasteiger partial charge in [-0.2, -0.15) is 0 Å². The lowest BCUT2D eigenvalue weighted by atomic mass is 9.76. The molecule has 1 atom stereocenters. The summed E-state index contributed by atoms with van der Waals surface area (Å²) in [5.41, 5.74) is 4.69. The van der Waals surface area contributed by atoms with E-state index in [0.29, 0.717) is 32.5 Å². The van der Waals surface area contributed by atoms with E-state index in [1.54, 1.807) is 4.90 Å². The zero-order chi connectivity index (χ0) is 14.8. The smallest absolute Gasteiger partial charge is 0.311 e. The van der Waals surface area contributed by atoms with E-state index in [1.807, 2.05) is 6.92 Å². The van der Waals surface area contributed by atoms with Crippen LogP contribution in [-0.2, 0) is 9.59 Å². The first kappa shape index (κ1) is 15.3. The van der Waals surface area contributed by atoms with E-state index < -0.39 is 16.8 Å². The minimum atomic E-state index is -0.772. The van der Waals surface area contributed by atoms with Crippen molar-refractivity contribution in [1.82, 2.24) is 4.90 Å². The zero-order valence-electron chi connectivity index (χ0n) is 12.4. The Balaban J connectivity index is 2.16. The van der Waals surface area contributed by atoms with Crippen molar-refractivity contribution in [3.63, 3.8) is 0 Å². The fraction of sp³-hybridized carbons (Fsp3) is 0.867. The van der Waals surface area contributed by atoms with Crippen molar-refractivity contribution in [2.75, 3.05) is 19.6 Å². The standard InChI is InChI=1S/C15H26N2O3/c1-2-14(13(19)20)8-5-9-17(11-14)12(18)15(10-16)6-3-4-7-15/h2-11,16H2,1H3,(H,19,20). The Morgan fingerprint density at radius 2 is 1.75 bits per heavy atom. The largest absolute Gasteiger partial charge is 0.481 e. The first-order valence-electron chi connectivity index (χ1n) is 7.72. The van der Waals surface area contributed by atoms with Crippen molar-refractivity contribution in [3.8, 4) is 0 Å². The van der Waals surface area contributed by atoms with Crippen LogP contribution in [0.25, 0.3) is 0 Å². The van der Waals surface area contributed by atoms with Gasteiger partial charge in [-0.3, -0.25) is 9.59 Å². The Morgan fingerprint density at radius 1 is 1.15 bits per heavy atom. The highest BCUT2D eigenvalue weighted by molar-refractivity contribution is 5.84. The molecule has 2 rings (SSSR count). The molecule has 0 aromatic heterocycles. The molecule has 1 saturated carbocycles. The van der Waals surface area contributed by atoms with Crippen molar-refractivity contribution in [3.05, 3.63) is 0 Å². The number of carbonyl (C=O) groups excluding carboxylic acids is 1. The number of carboxylic acids is 1. The van der Waals surface area contributed by atoms with E-state index in [1.165, 1.54) is 0 Å². The lowest BCUT2D eigenvalue weighted by molar-refractivity contribution is -0.157. The van der Waals surface area contributed by atoms with Gasteiger partial charge in [0.05, 0.1) is 10.8 Å². The molecule has 0 aromatic carbocycles. The van der Waals surface area contributed by atoms with E-state index in [0.717, 1.165) is 32.1 Å². The summed E-state index contributed by atoms with van der Waals surface area (Å²) in [4.78, 5) is 26.2. The molecule has 1 aliphatic carbocycles. The van der Waals surface area contributed by atoms with Gasteiger partial charge in [-0.1, -0.05) is 19.8 Å². The summed E-state index contributed by atoms with van der Waals surface area (Å²) in [7, 11) is 0. The van der Waals surface area contributed by atoms with Gasteiger partial charge in [0.25, 0.3) is 0 Å². The van der Waals surface area contributed by atoms with Gasteiger partial charge in [-0.15, -0.1) is 0 Å². The SMILES string of the molecule is CCC1(C(=O)O)CCCN(C(=O)C2(CN)CCCC2)C1. The topological polar surface area (TPSA) is 83.6 Å². The number of likely N-dealkylation sites (tertiary alicyclic amines) is 1. The van der Waals surface area contributed by atoms with E-state index in [4.69, 9.17) is 5.73 Å². The summed E-state index contributed by atoms with van der Waals surface area (Å²) in [6.07, 6.45) is 5.81. The summed E-state index contributed by atoms with van der Waals surface area (Å²) < 4.78 is 0. The Bertz CT molecular complexity index is 391. The molecule has 2 aliphatic rings. The maximum Gasteiger partial charge on any atom is 0.311 e. The Labute approximate surface area is 120 Å². The van der Waals surface area contributed by atoms with Crippen LogP contribution in [0.1, 0.15) is 51.9 Å². The summed E-state index contributed by atoms with van der Waals surface area (Å²) in [6, 6.07) is 0. The van der Waals surface area contributed by atoms with Gasteiger partial charge in [0, 0.05) is 19.6 Å². The molecule has 0 aromatic rings. The van der Waals surface area contributed by atoms with Gasteiger partial charge in [0.2, 0.25) is 5.91 Å². The number of piperidine rings is 1. The second kappa shape index (κ2) is 5.72. The van der Waals surface area contributed by atoms with Crippen LogP contribution in [0, 0.1) is 10.8 Å². The number of rotatable bonds is 4. The highest BCUT2D eigenvalue weighted by Gasteiger charge is 2.47. The van der Waals surface area contributed by atoms with Crippen molar-refractivity contribution in [2.45, 2.75) is 51.9 Å². The van der Waals surface area contributed by atoms with Gasteiger partial charge in [0.15, 0.2) is 0 Å². The lowest BCUT2D eigenvalue weighted by Gasteiger charge is -2.42. The highest BCUT2D eigenvalue weighted by Crippen LogP contribution is 2.41. The van der Waals surface area contributed by atoms with Crippen LogP contribution in [-0.4, -0.2) is 41.5 Å². The number of aliphatic carboxylic acids is 1. The van der Waals surface area contributed by atoms with Crippen molar-refractivity contribution < 1.29 is 14.7 Å². The third-order valence-electron chi connectivity index (χ3n) is 5.40. The predicted octanol–water partition coefficient (Wildman–Crippen LogP) is 1.61. The van der Waals surface area contributed by atoms with Crippen LogP contribution in [0.4, 0.5) is 0 Å². The summed E-state index contributed by atoms with van der Waals surface area (Å²) in [5.74, 6) is -0.679. The Morgan fingerprint density at radius 3 is 2.25 bits per heavy atom. The number of hydrogen-bond acceptors (Lipinski definition) is 3. The Hall–Kier alpha value is -1.10. The van der Waals surface area contributed by atoms with Crippen LogP contribution in [0.15, 0.2) is 0 Å². The molecule has 0 bridgehead atoms. The molecule has 1 heterocycles. The van der Waals surface area contributed by atoms with Gasteiger partial charge in [-0.05, 0) is 32.1 Å². The molecular weight excluding hydrogens is 256 g/mol.